The predicted molar refractivity (Wildman–Crippen MR) is 273 cm³/mol. The van der Waals surface area contributed by atoms with Crippen LogP contribution >= 0.6 is 23.2 Å². The van der Waals surface area contributed by atoms with Gasteiger partial charge in [-0.1, -0.05) is 29.6 Å². The number of halogens is 2. The normalized spacial score (nSPS) is 16.3. The molecule has 2 atom stereocenters. The van der Waals surface area contributed by atoms with E-state index in [9.17, 15) is 26.4 Å². The molecule has 0 spiro atoms. The summed E-state index contributed by atoms with van der Waals surface area (Å²) in [6.07, 6.45) is 8.26. The van der Waals surface area contributed by atoms with Gasteiger partial charge in [0.05, 0.1) is 58.5 Å². The Morgan fingerprint density at radius 2 is 1.17 bits per heavy atom. The monoisotopic (exact) mass is 1030 g/mol. The summed E-state index contributed by atoms with van der Waals surface area (Å²) in [7, 11) is 0.972. The fourth-order valence-electron chi connectivity index (χ4n) is 8.49. The zero-order chi connectivity index (χ0) is 50.7. The number of aryl methyl sites for hydroxylation is 2. The number of carboxylic acid groups (broad SMARTS) is 1. The van der Waals surface area contributed by atoms with E-state index in [0.717, 1.165) is 89.6 Å². The Morgan fingerprint density at radius 3 is 1.65 bits per heavy atom. The Bertz CT molecular complexity index is 3120. The van der Waals surface area contributed by atoms with Crippen LogP contribution in [-0.2, 0) is 20.0 Å². The largest absolute Gasteiger partial charge is 0.478 e. The Hall–Kier alpha value is -5.74. The summed E-state index contributed by atoms with van der Waals surface area (Å²) in [5.74, 6) is 0.527. The molecular weight excluding hydrogens is 968 g/mol. The van der Waals surface area contributed by atoms with Crippen LogP contribution in [0.1, 0.15) is 105 Å². The van der Waals surface area contributed by atoms with Crippen LogP contribution in [0.15, 0.2) is 48.5 Å². The highest BCUT2D eigenvalue weighted by Gasteiger charge is 2.33. The van der Waals surface area contributed by atoms with Crippen LogP contribution in [0, 0.1) is 27.7 Å². The Kier molecular flexibility index (Phi) is 16.4. The molecule has 0 radical (unpaired) electrons. The molecule has 372 valence electrons. The SMILES string of the molecule is CS(=O)(=O)Nc1ccc(Cl)cc1C(=O)O.Cc1nc2cc([C@@H]3CCCCN3)nn2c(N(C)C)c1C.Cc1nc2cc([C@@H]3CCCCN3C(=O)c3cc(Cl)ccc3NS(C)(=O)=O)nn2c(N(C)C)c1C. The molecule has 8 rings (SSSR count). The molecule has 1 amide bonds. The lowest BCUT2D eigenvalue weighted by atomic mass is 9.98. The number of hydrogen-bond acceptors (Lipinski definition) is 13. The van der Waals surface area contributed by atoms with Crippen LogP contribution in [0.5, 0.6) is 0 Å². The number of carbonyl (C=O) groups excluding carboxylic acids is 1. The number of nitrogens with one attached hydrogen (secondary N) is 3. The molecule has 4 aromatic heterocycles. The molecule has 2 aliphatic rings. The van der Waals surface area contributed by atoms with Crippen molar-refractivity contribution in [3.8, 4) is 0 Å². The first-order chi connectivity index (χ1) is 32.3. The van der Waals surface area contributed by atoms with Crippen molar-refractivity contribution < 1.29 is 31.5 Å². The molecule has 69 heavy (non-hydrogen) atoms. The first-order valence-corrected chi connectivity index (χ1v) is 26.8. The average molecular weight is 1030 g/mol. The molecule has 2 aliphatic heterocycles. The minimum absolute atomic E-state index is 0.00519. The predicted octanol–water partition coefficient (Wildman–Crippen LogP) is 7.44. The lowest BCUT2D eigenvalue weighted by molar-refractivity contribution is 0.0606. The molecule has 19 nitrogen and oxygen atoms in total. The number of rotatable bonds is 10. The number of sulfonamides is 2. The van der Waals surface area contributed by atoms with Gasteiger partial charge in [0.1, 0.15) is 11.6 Å². The molecule has 0 unspecified atom stereocenters. The van der Waals surface area contributed by atoms with Gasteiger partial charge in [-0.15, -0.1) is 0 Å². The van der Waals surface area contributed by atoms with E-state index >= 15 is 0 Å². The number of benzene rings is 2. The van der Waals surface area contributed by atoms with Gasteiger partial charge in [0.2, 0.25) is 20.0 Å². The lowest BCUT2D eigenvalue weighted by Crippen LogP contribution is -2.39. The van der Waals surface area contributed by atoms with E-state index < -0.39 is 26.0 Å². The number of carboxylic acids is 1. The van der Waals surface area contributed by atoms with Crippen molar-refractivity contribution in [2.45, 2.75) is 78.3 Å². The van der Waals surface area contributed by atoms with Gasteiger partial charge in [0.25, 0.3) is 5.91 Å². The highest BCUT2D eigenvalue weighted by atomic mass is 35.5. The van der Waals surface area contributed by atoms with Crippen LogP contribution in [-0.4, -0.2) is 122 Å². The van der Waals surface area contributed by atoms with Crippen molar-refractivity contribution in [2.24, 2.45) is 0 Å². The van der Waals surface area contributed by atoms with Crippen molar-refractivity contribution in [1.82, 2.24) is 39.4 Å². The molecule has 6 heterocycles. The van der Waals surface area contributed by atoms with Crippen LogP contribution in [0.3, 0.4) is 0 Å². The van der Waals surface area contributed by atoms with E-state index in [1.54, 1.807) is 11.0 Å². The Balaban J connectivity index is 0.000000189. The van der Waals surface area contributed by atoms with Crippen LogP contribution in [0.4, 0.5) is 23.0 Å². The third kappa shape index (κ3) is 12.7. The van der Waals surface area contributed by atoms with E-state index in [2.05, 4.69) is 58.7 Å². The fraction of sp³-hybridized carbons (Fsp3) is 0.435. The highest BCUT2D eigenvalue weighted by molar-refractivity contribution is 7.92. The number of likely N-dealkylation sites (tertiary alicyclic amines) is 1. The molecule has 6 aromatic rings. The zero-order valence-corrected chi connectivity index (χ0v) is 43.6. The van der Waals surface area contributed by atoms with Crippen LogP contribution < -0.4 is 24.6 Å². The molecule has 2 aromatic carbocycles. The summed E-state index contributed by atoms with van der Waals surface area (Å²) in [6, 6.07) is 12.6. The maximum Gasteiger partial charge on any atom is 0.337 e. The second-order valence-electron chi connectivity index (χ2n) is 17.7. The summed E-state index contributed by atoms with van der Waals surface area (Å²) >= 11 is 11.8. The molecule has 23 heteroatoms. The number of anilines is 4. The van der Waals surface area contributed by atoms with Gasteiger partial charge in [-0.05, 0) is 103 Å². The summed E-state index contributed by atoms with van der Waals surface area (Å²) in [4.78, 5) is 39.7. The van der Waals surface area contributed by atoms with E-state index in [1.807, 2.05) is 47.9 Å². The van der Waals surface area contributed by atoms with Crippen molar-refractivity contribution in [1.29, 1.82) is 0 Å². The molecule has 2 fully saturated rings. The number of aromatic carboxylic acids is 1. The van der Waals surface area contributed by atoms with Gasteiger partial charge in [-0.25, -0.2) is 31.6 Å². The van der Waals surface area contributed by atoms with Crippen molar-refractivity contribution in [2.75, 3.05) is 73.0 Å². The standard InChI is InChI=1S/C23H29ClN6O3S.C15H23N5.C8H8ClNO4S/c1-14-15(2)25-21-13-19(26-30(21)22(14)28(3)4)20-8-6-7-11-29(20)23(31)17-12-16(24)9-10-18(17)27-34(5,32)33;1-10-11(2)17-14-9-13(12-7-5-6-8-16-12)18-20(14)15(10)19(3)4;1-15(13,14)10-7-3-2-5(9)4-6(7)8(11)12/h9-10,12-13,20,27H,6-8,11H2,1-5H3;9,12,16H,5-8H2,1-4H3;2-4,10H,1H3,(H,11,12)/t20-;12-;/m00./s1. The third-order valence-electron chi connectivity index (χ3n) is 11.8. The van der Waals surface area contributed by atoms with E-state index in [0.29, 0.717) is 17.6 Å². The minimum atomic E-state index is -3.57. The van der Waals surface area contributed by atoms with Crippen LogP contribution in [0.2, 0.25) is 10.0 Å². The van der Waals surface area contributed by atoms with Crippen molar-refractivity contribution >= 4 is 89.4 Å². The van der Waals surface area contributed by atoms with Gasteiger partial charge >= 0.3 is 5.97 Å². The first-order valence-electron chi connectivity index (χ1n) is 22.2. The second-order valence-corrected chi connectivity index (χ2v) is 22.1. The van der Waals surface area contributed by atoms with E-state index in [4.69, 9.17) is 43.5 Å². The third-order valence-corrected chi connectivity index (χ3v) is 13.4. The maximum absolute atomic E-state index is 13.7. The quantitative estimate of drug-likeness (QED) is 0.105. The molecule has 0 aliphatic carbocycles. The number of fused-ring (bicyclic) bond motifs is 2. The Labute approximate surface area is 413 Å². The number of aromatic nitrogens is 6. The van der Waals surface area contributed by atoms with Gasteiger partial charge in [-0.2, -0.15) is 19.2 Å². The molecule has 0 saturated carbocycles. The second kappa shape index (κ2) is 21.5. The highest BCUT2D eigenvalue weighted by Crippen LogP contribution is 2.35. The number of hydrogen-bond donors (Lipinski definition) is 4. The average Bonchev–Trinajstić information content (AvgIpc) is 3.89. The molecule has 2 saturated heterocycles. The smallest absolute Gasteiger partial charge is 0.337 e. The summed E-state index contributed by atoms with van der Waals surface area (Å²) in [5, 5.41) is 22.6. The zero-order valence-electron chi connectivity index (χ0n) is 40.4. The van der Waals surface area contributed by atoms with Gasteiger partial charge in [0, 0.05) is 79.4 Å². The topological polar surface area (TPSA) is 229 Å². The van der Waals surface area contributed by atoms with E-state index in [-0.39, 0.29) is 39.5 Å². The molecule has 0 bridgehead atoms. The van der Waals surface area contributed by atoms with Crippen LogP contribution in [0.25, 0.3) is 11.3 Å². The molecular formula is C46H60Cl2N12O7S2. The van der Waals surface area contributed by atoms with Crippen molar-refractivity contribution in [3.05, 3.63) is 104 Å². The van der Waals surface area contributed by atoms with Crippen molar-refractivity contribution in [3.63, 3.8) is 0 Å². The Morgan fingerprint density at radius 1 is 0.696 bits per heavy atom. The molecule has 4 N–H and O–H groups in total. The van der Waals surface area contributed by atoms with Gasteiger partial charge < -0.3 is 25.1 Å². The van der Waals surface area contributed by atoms with Gasteiger partial charge in [-0.3, -0.25) is 14.2 Å². The number of amides is 1. The summed E-state index contributed by atoms with van der Waals surface area (Å²) in [5.41, 5.74) is 8.00. The van der Waals surface area contributed by atoms with E-state index in [1.165, 1.54) is 55.2 Å². The fourth-order valence-corrected chi connectivity index (χ4v) is 9.99. The number of nitrogens with zero attached hydrogens (tertiary/aromatic N) is 9. The number of carbonyl (C=O) groups is 2. The summed E-state index contributed by atoms with van der Waals surface area (Å²) < 4.78 is 53.9. The number of piperidine rings is 2. The minimum Gasteiger partial charge on any atom is -0.478 e. The first kappa shape index (κ1) is 52.6. The summed E-state index contributed by atoms with van der Waals surface area (Å²) in [6.45, 7) is 9.79. The maximum atomic E-state index is 13.7. The van der Waals surface area contributed by atoms with Gasteiger partial charge in [0.15, 0.2) is 11.3 Å². The lowest BCUT2D eigenvalue weighted by Gasteiger charge is -2.35.